The van der Waals surface area contributed by atoms with Crippen LogP contribution < -0.4 is 0 Å². The number of nitrogens with zero attached hydrogens (tertiary/aromatic N) is 3. The minimum atomic E-state index is -1.11. The normalized spacial score (nSPS) is 17.1. The fraction of sp³-hybridized carbons (Fsp3) is 0.350. The van der Waals surface area contributed by atoms with Crippen LogP contribution in [0.4, 0.5) is 0 Å². The van der Waals surface area contributed by atoms with Gasteiger partial charge in [0, 0.05) is 18.7 Å². The highest BCUT2D eigenvalue weighted by Crippen LogP contribution is 2.36. The maximum absolute atomic E-state index is 13.0. The molecule has 1 aliphatic rings. The van der Waals surface area contributed by atoms with Crippen molar-refractivity contribution in [3.05, 3.63) is 53.7 Å². The van der Waals surface area contributed by atoms with Crippen LogP contribution in [0.25, 0.3) is 11.0 Å². The molecule has 140 valence electrons. The molecule has 1 saturated heterocycles. The molecule has 1 atom stereocenters. The number of aromatic nitrogens is 2. The van der Waals surface area contributed by atoms with Gasteiger partial charge < -0.3 is 19.0 Å². The summed E-state index contributed by atoms with van der Waals surface area (Å²) >= 11 is 0. The third kappa shape index (κ3) is 2.89. The molecule has 1 N–H and O–H groups in total. The molecule has 0 saturated carbocycles. The molecular weight excluding hydrogens is 346 g/mol. The summed E-state index contributed by atoms with van der Waals surface area (Å²) in [6.45, 7) is 4.79. The van der Waals surface area contributed by atoms with Crippen LogP contribution in [0.1, 0.15) is 65.5 Å². The van der Waals surface area contributed by atoms with Crippen molar-refractivity contribution in [1.29, 1.82) is 0 Å². The first-order chi connectivity index (χ1) is 13.0. The van der Waals surface area contributed by atoms with E-state index in [-0.39, 0.29) is 29.3 Å². The van der Waals surface area contributed by atoms with Crippen LogP contribution in [0.3, 0.4) is 0 Å². The molecule has 3 aromatic rings. The van der Waals surface area contributed by atoms with Crippen molar-refractivity contribution in [1.82, 2.24) is 14.5 Å². The van der Waals surface area contributed by atoms with Crippen LogP contribution in [-0.2, 0) is 0 Å². The molecule has 0 bridgehead atoms. The number of carboxylic acids is 1. The number of benzene rings is 1. The Morgan fingerprint density at radius 1 is 1.30 bits per heavy atom. The summed E-state index contributed by atoms with van der Waals surface area (Å²) in [6.07, 6.45) is 2.78. The zero-order valence-electron chi connectivity index (χ0n) is 15.3. The Morgan fingerprint density at radius 2 is 2.07 bits per heavy atom. The van der Waals surface area contributed by atoms with Gasteiger partial charge in [0.25, 0.3) is 5.91 Å². The third-order valence-electron chi connectivity index (χ3n) is 5.01. The van der Waals surface area contributed by atoms with Crippen molar-refractivity contribution < 1.29 is 19.1 Å². The van der Waals surface area contributed by atoms with Crippen LogP contribution in [0.15, 0.2) is 41.0 Å². The molecular formula is C20H21N3O4. The van der Waals surface area contributed by atoms with Gasteiger partial charge in [-0.15, -0.1) is 0 Å². The molecule has 1 aromatic carbocycles. The first-order valence-corrected chi connectivity index (χ1v) is 9.07. The van der Waals surface area contributed by atoms with E-state index in [9.17, 15) is 9.59 Å². The fourth-order valence-corrected chi connectivity index (χ4v) is 3.82. The van der Waals surface area contributed by atoms with Gasteiger partial charge in [0.15, 0.2) is 5.76 Å². The largest absolute Gasteiger partial charge is 0.478 e. The Kier molecular flexibility index (Phi) is 4.22. The number of furan rings is 1. The molecule has 0 aliphatic carbocycles. The molecule has 1 aliphatic heterocycles. The van der Waals surface area contributed by atoms with E-state index in [0.717, 1.165) is 36.0 Å². The Labute approximate surface area is 156 Å². The van der Waals surface area contributed by atoms with Crippen molar-refractivity contribution in [3.8, 4) is 0 Å². The second kappa shape index (κ2) is 6.57. The van der Waals surface area contributed by atoms with Gasteiger partial charge in [0.1, 0.15) is 12.1 Å². The average molecular weight is 367 g/mol. The van der Waals surface area contributed by atoms with Crippen LogP contribution in [0.2, 0.25) is 0 Å². The SMILES string of the molecule is CC(C)n1c(C2CCCN2C(=O)c2cc(C(=O)O)co2)nc2ccccc21. The van der Waals surface area contributed by atoms with Gasteiger partial charge >= 0.3 is 5.97 Å². The molecule has 0 spiro atoms. The first kappa shape index (κ1) is 17.3. The lowest BCUT2D eigenvalue weighted by Crippen LogP contribution is -2.32. The molecule has 2 aromatic heterocycles. The second-order valence-corrected chi connectivity index (χ2v) is 7.08. The standard InChI is InChI=1S/C20H21N3O4/c1-12(2)23-15-7-4-3-6-14(15)21-18(23)16-8-5-9-22(16)19(24)17-10-13(11-27-17)20(25)26/h3-4,6-7,10-12,16H,5,8-9H2,1-2H3,(H,25,26). The monoisotopic (exact) mass is 367 g/mol. The summed E-state index contributed by atoms with van der Waals surface area (Å²) in [4.78, 5) is 30.6. The number of hydrogen-bond donors (Lipinski definition) is 1. The quantitative estimate of drug-likeness (QED) is 0.756. The smallest absolute Gasteiger partial charge is 0.338 e. The minimum Gasteiger partial charge on any atom is -0.478 e. The van der Waals surface area contributed by atoms with Gasteiger partial charge in [-0.1, -0.05) is 12.1 Å². The lowest BCUT2D eigenvalue weighted by molar-refractivity contribution is 0.0686. The first-order valence-electron chi connectivity index (χ1n) is 9.07. The molecule has 1 fully saturated rings. The van der Waals surface area contributed by atoms with E-state index in [4.69, 9.17) is 14.5 Å². The molecule has 27 heavy (non-hydrogen) atoms. The number of hydrogen-bond acceptors (Lipinski definition) is 4. The van der Waals surface area contributed by atoms with Gasteiger partial charge in [0.2, 0.25) is 0 Å². The minimum absolute atomic E-state index is 0.0245. The number of carboxylic acid groups (broad SMARTS) is 1. The van der Waals surface area contributed by atoms with Crippen molar-refractivity contribution in [3.63, 3.8) is 0 Å². The zero-order chi connectivity index (χ0) is 19.1. The highest BCUT2D eigenvalue weighted by Gasteiger charge is 2.36. The van der Waals surface area contributed by atoms with E-state index in [0.29, 0.717) is 6.54 Å². The number of likely N-dealkylation sites (tertiary alicyclic amines) is 1. The summed E-state index contributed by atoms with van der Waals surface area (Å²) in [5, 5.41) is 9.06. The van der Waals surface area contributed by atoms with E-state index in [1.54, 1.807) is 4.90 Å². The topological polar surface area (TPSA) is 88.6 Å². The zero-order valence-corrected chi connectivity index (χ0v) is 15.3. The van der Waals surface area contributed by atoms with E-state index >= 15 is 0 Å². The number of fused-ring (bicyclic) bond motifs is 1. The maximum atomic E-state index is 13.0. The van der Waals surface area contributed by atoms with Gasteiger partial charge in [-0.25, -0.2) is 9.78 Å². The Morgan fingerprint density at radius 3 is 2.78 bits per heavy atom. The highest BCUT2D eigenvalue weighted by molar-refractivity contribution is 5.95. The molecule has 3 heterocycles. The number of rotatable bonds is 4. The lowest BCUT2D eigenvalue weighted by Gasteiger charge is -2.25. The molecule has 7 heteroatoms. The Bertz CT molecular complexity index is 1020. The van der Waals surface area contributed by atoms with Gasteiger partial charge in [-0.2, -0.15) is 0 Å². The summed E-state index contributed by atoms with van der Waals surface area (Å²) in [6, 6.07) is 9.28. The lowest BCUT2D eigenvalue weighted by atomic mass is 10.2. The summed E-state index contributed by atoms with van der Waals surface area (Å²) in [5.41, 5.74) is 1.93. The predicted molar refractivity (Wildman–Crippen MR) is 98.8 cm³/mol. The Balaban J connectivity index is 1.73. The molecule has 4 rings (SSSR count). The third-order valence-corrected chi connectivity index (χ3v) is 5.01. The van der Waals surface area contributed by atoms with Crippen LogP contribution in [0, 0.1) is 0 Å². The van der Waals surface area contributed by atoms with Crippen LogP contribution in [0.5, 0.6) is 0 Å². The van der Waals surface area contributed by atoms with Crippen molar-refractivity contribution in [2.24, 2.45) is 0 Å². The van der Waals surface area contributed by atoms with Crippen molar-refractivity contribution in [2.45, 2.75) is 38.8 Å². The summed E-state index contributed by atoms with van der Waals surface area (Å²) in [5.74, 6) is -0.502. The second-order valence-electron chi connectivity index (χ2n) is 7.08. The van der Waals surface area contributed by atoms with E-state index in [1.807, 2.05) is 24.3 Å². The van der Waals surface area contributed by atoms with Gasteiger partial charge in [-0.05, 0) is 38.8 Å². The Hall–Kier alpha value is -3.09. The van der Waals surface area contributed by atoms with E-state index in [1.165, 1.54) is 6.07 Å². The average Bonchev–Trinajstić information content (AvgIpc) is 3.36. The van der Waals surface area contributed by atoms with E-state index < -0.39 is 5.97 Å². The summed E-state index contributed by atoms with van der Waals surface area (Å²) < 4.78 is 7.40. The molecule has 0 radical (unpaired) electrons. The van der Waals surface area contributed by atoms with Gasteiger partial charge in [0.05, 0.1) is 22.6 Å². The van der Waals surface area contributed by atoms with Crippen LogP contribution >= 0.6 is 0 Å². The number of imidazole rings is 1. The maximum Gasteiger partial charge on any atom is 0.338 e. The fourth-order valence-electron chi connectivity index (χ4n) is 3.82. The number of aromatic carboxylic acids is 1. The number of carbonyl (C=O) groups excluding carboxylic acids is 1. The highest BCUT2D eigenvalue weighted by atomic mass is 16.4. The van der Waals surface area contributed by atoms with Crippen molar-refractivity contribution >= 4 is 22.9 Å². The van der Waals surface area contributed by atoms with Crippen LogP contribution in [-0.4, -0.2) is 38.0 Å². The number of carbonyl (C=O) groups is 2. The summed E-state index contributed by atoms with van der Waals surface area (Å²) in [7, 11) is 0. The molecule has 1 unspecified atom stereocenters. The number of amides is 1. The number of para-hydroxylation sites is 2. The van der Waals surface area contributed by atoms with Gasteiger partial charge in [-0.3, -0.25) is 4.79 Å². The molecule has 1 amide bonds. The van der Waals surface area contributed by atoms with E-state index in [2.05, 4.69) is 18.4 Å². The van der Waals surface area contributed by atoms with Crippen molar-refractivity contribution in [2.75, 3.05) is 6.54 Å². The predicted octanol–water partition coefficient (Wildman–Crippen LogP) is 3.89. The molecule has 7 nitrogen and oxygen atoms in total.